The minimum atomic E-state index is -0.613. The Morgan fingerprint density at radius 2 is 1.55 bits per heavy atom. The first-order chi connectivity index (χ1) is 14.0. The molecule has 1 aromatic heterocycles. The van der Waals surface area contributed by atoms with E-state index in [1.165, 1.54) is 29.0 Å². The van der Waals surface area contributed by atoms with E-state index in [9.17, 15) is 14.4 Å². The highest BCUT2D eigenvalue weighted by atomic mass is 32.1. The Kier molecular flexibility index (Phi) is 6.76. The number of benzene rings is 2. The number of ether oxygens (including phenoxy) is 1. The van der Waals surface area contributed by atoms with E-state index in [0.29, 0.717) is 21.8 Å². The number of hydrogen-bond acceptors (Lipinski definition) is 5. The highest BCUT2D eigenvalue weighted by Gasteiger charge is 2.12. The van der Waals surface area contributed by atoms with Crippen LogP contribution in [0.5, 0.6) is 0 Å². The third-order valence-electron chi connectivity index (χ3n) is 4.10. The van der Waals surface area contributed by atoms with Crippen molar-refractivity contribution in [2.45, 2.75) is 13.3 Å². The van der Waals surface area contributed by atoms with E-state index < -0.39 is 11.9 Å². The summed E-state index contributed by atoms with van der Waals surface area (Å²) in [5, 5.41) is 7.26. The van der Waals surface area contributed by atoms with E-state index >= 15 is 0 Å². The number of rotatable bonds is 7. The van der Waals surface area contributed by atoms with Crippen molar-refractivity contribution in [3.05, 3.63) is 82.0 Å². The van der Waals surface area contributed by atoms with Crippen molar-refractivity contribution < 1.29 is 19.1 Å². The normalized spacial score (nSPS) is 10.2. The number of thiophene rings is 1. The molecule has 0 saturated carbocycles. The molecule has 0 atom stereocenters. The van der Waals surface area contributed by atoms with Gasteiger partial charge in [-0.2, -0.15) is 0 Å². The lowest BCUT2D eigenvalue weighted by molar-refractivity contribution is -0.119. The molecule has 6 nitrogen and oxygen atoms in total. The molecule has 0 unspecified atom stereocenters. The first-order valence-corrected chi connectivity index (χ1v) is 9.94. The first kappa shape index (κ1) is 20.3. The molecule has 2 N–H and O–H groups in total. The highest BCUT2D eigenvalue weighted by molar-refractivity contribution is 7.12. The summed E-state index contributed by atoms with van der Waals surface area (Å²) >= 11 is 1.35. The van der Waals surface area contributed by atoms with Crippen LogP contribution in [0.15, 0.2) is 66.0 Å². The molecule has 1 heterocycles. The molecular formula is C22H20N2O4S. The van der Waals surface area contributed by atoms with Gasteiger partial charge in [0, 0.05) is 11.4 Å². The molecule has 2 amide bonds. The van der Waals surface area contributed by atoms with Crippen molar-refractivity contribution in [3.8, 4) is 0 Å². The molecule has 3 aromatic rings. The maximum absolute atomic E-state index is 12.1. The van der Waals surface area contributed by atoms with E-state index in [0.717, 1.165) is 6.42 Å². The fraction of sp³-hybridized carbons (Fsp3) is 0.136. The Morgan fingerprint density at radius 1 is 0.897 bits per heavy atom. The van der Waals surface area contributed by atoms with Gasteiger partial charge in [0.1, 0.15) is 0 Å². The molecular weight excluding hydrogens is 388 g/mol. The first-order valence-electron chi connectivity index (χ1n) is 9.06. The third kappa shape index (κ3) is 5.76. The van der Waals surface area contributed by atoms with Crippen LogP contribution in [-0.4, -0.2) is 24.4 Å². The molecule has 0 fully saturated rings. The van der Waals surface area contributed by atoms with Gasteiger partial charge in [-0.15, -0.1) is 11.3 Å². The van der Waals surface area contributed by atoms with Gasteiger partial charge >= 0.3 is 5.97 Å². The van der Waals surface area contributed by atoms with Gasteiger partial charge in [-0.1, -0.05) is 25.1 Å². The minimum absolute atomic E-state index is 0.209. The van der Waals surface area contributed by atoms with Crippen molar-refractivity contribution in [3.63, 3.8) is 0 Å². The maximum Gasteiger partial charge on any atom is 0.338 e. The number of nitrogens with one attached hydrogen (secondary N) is 2. The molecule has 7 heteroatoms. The zero-order chi connectivity index (χ0) is 20.6. The number of anilines is 2. The predicted octanol–water partition coefficient (Wildman–Crippen LogP) is 4.36. The number of carbonyl (C=O) groups excluding carboxylic acids is 3. The number of esters is 1. The van der Waals surface area contributed by atoms with E-state index in [1.54, 1.807) is 24.3 Å². The van der Waals surface area contributed by atoms with Gasteiger partial charge in [-0.05, 0) is 59.8 Å². The van der Waals surface area contributed by atoms with Crippen LogP contribution in [0.1, 0.15) is 32.5 Å². The topological polar surface area (TPSA) is 84.5 Å². The van der Waals surface area contributed by atoms with Crippen LogP contribution in [0, 0.1) is 0 Å². The SMILES string of the molecule is CCc1ccc(NC(=O)COC(=O)c2ccc(NC(=O)c3cccs3)cc2)cc1. The molecule has 2 aromatic carbocycles. The largest absolute Gasteiger partial charge is 0.452 e. The van der Waals surface area contributed by atoms with Crippen LogP contribution >= 0.6 is 11.3 Å². The second-order valence-electron chi connectivity index (χ2n) is 6.18. The van der Waals surface area contributed by atoms with Gasteiger partial charge in [0.25, 0.3) is 11.8 Å². The summed E-state index contributed by atoms with van der Waals surface area (Å²) in [6.07, 6.45) is 0.919. The Bertz CT molecular complexity index is 981. The fourth-order valence-corrected chi connectivity index (χ4v) is 3.14. The fourth-order valence-electron chi connectivity index (χ4n) is 2.53. The molecule has 0 aliphatic carbocycles. The van der Waals surface area contributed by atoms with Crippen molar-refractivity contribution >= 4 is 40.5 Å². The standard InChI is InChI=1S/C22H20N2O4S/c1-2-15-5-9-17(10-6-15)23-20(25)14-28-22(27)16-7-11-18(12-8-16)24-21(26)19-4-3-13-29-19/h3-13H,2,14H2,1H3,(H,23,25)(H,24,26). The predicted molar refractivity (Wildman–Crippen MR) is 113 cm³/mol. The van der Waals surface area contributed by atoms with Crippen LogP contribution in [-0.2, 0) is 16.0 Å². The molecule has 0 spiro atoms. The Balaban J connectivity index is 1.48. The molecule has 0 saturated heterocycles. The summed E-state index contributed by atoms with van der Waals surface area (Å²) in [4.78, 5) is 36.7. The lowest BCUT2D eigenvalue weighted by Crippen LogP contribution is -2.21. The van der Waals surface area contributed by atoms with Crippen LogP contribution in [0.3, 0.4) is 0 Å². The van der Waals surface area contributed by atoms with Gasteiger partial charge in [-0.3, -0.25) is 9.59 Å². The second kappa shape index (κ2) is 9.66. The molecule has 148 valence electrons. The summed E-state index contributed by atoms with van der Waals surface area (Å²) in [7, 11) is 0. The summed E-state index contributed by atoms with van der Waals surface area (Å²) in [5.41, 5.74) is 2.67. The Morgan fingerprint density at radius 3 is 2.17 bits per heavy atom. The number of aryl methyl sites for hydroxylation is 1. The van der Waals surface area contributed by atoms with E-state index in [4.69, 9.17) is 4.74 Å². The van der Waals surface area contributed by atoms with E-state index in [2.05, 4.69) is 17.6 Å². The van der Waals surface area contributed by atoms with Crippen molar-refractivity contribution in [2.75, 3.05) is 17.2 Å². The molecule has 0 aliphatic heterocycles. The van der Waals surface area contributed by atoms with Crippen molar-refractivity contribution in [2.24, 2.45) is 0 Å². The number of hydrogen-bond donors (Lipinski definition) is 2. The third-order valence-corrected chi connectivity index (χ3v) is 4.97. The van der Waals surface area contributed by atoms with Crippen molar-refractivity contribution in [1.29, 1.82) is 0 Å². The lowest BCUT2D eigenvalue weighted by Gasteiger charge is -2.08. The number of amides is 2. The smallest absolute Gasteiger partial charge is 0.338 e. The molecule has 29 heavy (non-hydrogen) atoms. The summed E-state index contributed by atoms with van der Waals surface area (Å²) in [5.74, 6) is -1.24. The monoisotopic (exact) mass is 408 g/mol. The van der Waals surface area contributed by atoms with Crippen LogP contribution in [0.4, 0.5) is 11.4 Å². The van der Waals surface area contributed by atoms with Gasteiger partial charge in [0.2, 0.25) is 0 Å². The van der Waals surface area contributed by atoms with Crippen LogP contribution in [0.2, 0.25) is 0 Å². The average molecular weight is 408 g/mol. The number of carbonyl (C=O) groups is 3. The van der Waals surface area contributed by atoms with Crippen LogP contribution in [0.25, 0.3) is 0 Å². The van der Waals surface area contributed by atoms with Gasteiger partial charge < -0.3 is 15.4 Å². The zero-order valence-electron chi connectivity index (χ0n) is 15.8. The molecule has 0 bridgehead atoms. The average Bonchev–Trinajstić information content (AvgIpc) is 3.28. The summed E-state index contributed by atoms with van der Waals surface area (Å²) < 4.78 is 5.05. The zero-order valence-corrected chi connectivity index (χ0v) is 16.6. The second-order valence-corrected chi connectivity index (χ2v) is 7.13. The molecule has 0 aliphatic rings. The van der Waals surface area contributed by atoms with Crippen molar-refractivity contribution in [1.82, 2.24) is 0 Å². The minimum Gasteiger partial charge on any atom is -0.452 e. The summed E-state index contributed by atoms with van der Waals surface area (Å²) in [6.45, 7) is 1.67. The maximum atomic E-state index is 12.1. The van der Waals surface area contributed by atoms with Gasteiger partial charge in [-0.25, -0.2) is 4.79 Å². The quantitative estimate of drug-likeness (QED) is 0.569. The van der Waals surface area contributed by atoms with Crippen LogP contribution < -0.4 is 10.6 Å². The molecule has 3 rings (SSSR count). The Hall–Kier alpha value is -3.45. The van der Waals surface area contributed by atoms with Gasteiger partial charge in [0.05, 0.1) is 10.4 Å². The van der Waals surface area contributed by atoms with E-state index in [-0.39, 0.29) is 12.5 Å². The Labute approximate surface area is 172 Å². The molecule has 0 radical (unpaired) electrons. The lowest BCUT2D eigenvalue weighted by atomic mass is 10.1. The summed E-state index contributed by atoms with van der Waals surface area (Å²) in [6, 6.07) is 17.3. The highest BCUT2D eigenvalue weighted by Crippen LogP contribution is 2.15. The van der Waals surface area contributed by atoms with Gasteiger partial charge in [0.15, 0.2) is 6.61 Å². The van der Waals surface area contributed by atoms with E-state index in [1.807, 2.05) is 29.6 Å².